The van der Waals surface area contributed by atoms with Crippen molar-refractivity contribution in [1.29, 1.82) is 0 Å². The minimum atomic E-state index is -2.74. The molecule has 0 aliphatic heterocycles. The minimum Gasteiger partial charge on any atom is -0.502 e. The number of aromatic nitrogens is 2. The predicted octanol–water partition coefficient (Wildman–Crippen LogP) is 3.32. The summed E-state index contributed by atoms with van der Waals surface area (Å²) in [7, 11) is 0. The van der Waals surface area contributed by atoms with Crippen molar-refractivity contribution in [2.75, 3.05) is 6.54 Å². The average Bonchev–Trinajstić information content (AvgIpc) is 2.82. The summed E-state index contributed by atoms with van der Waals surface area (Å²) in [5.41, 5.74) is 2.23. The Morgan fingerprint density at radius 1 is 1.06 bits per heavy atom. The smallest absolute Gasteiger partial charge is 0.293 e. The molecule has 3 N–H and O–H groups in total. The van der Waals surface area contributed by atoms with Crippen LogP contribution in [0.1, 0.15) is 33.9 Å². The third kappa shape index (κ3) is 6.64. The SMILES string of the molecule is O=C(NCC(F)F)C(Cc1ccc(C#Cc2ccc(CCl)cc2)cc1)c1nc[nH]c(=O)c1O. The van der Waals surface area contributed by atoms with Gasteiger partial charge in [0.15, 0.2) is 0 Å². The molecule has 0 fully saturated rings. The maximum atomic E-state index is 12.6. The standard InChI is InChI=1S/C24H20ClF2N3O3/c25-12-18-9-5-16(6-10-18)2-1-15-3-7-17(8-4-15)11-19(23(32)28-13-20(26)27)21-22(31)24(33)30-14-29-21/h3-10,14,19-20,31H,11-13H2,(H,28,32)(H,29,30,33). The number of hydrogen-bond acceptors (Lipinski definition) is 4. The first kappa shape index (κ1) is 24.0. The predicted molar refractivity (Wildman–Crippen MR) is 120 cm³/mol. The Hall–Kier alpha value is -3.70. The van der Waals surface area contributed by atoms with Crippen molar-refractivity contribution in [3.05, 3.63) is 93.2 Å². The van der Waals surface area contributed by atoms with E-state index < -0.39 is 36.1 Å². The van der Waals surface area contributed by atoms with Crippen LogP contribution < -0.4 is 10.9 Å². The molecule has 1 amide bonds. The quantitative estimate of drug-likeness (QED) is 0.364. The summed E-state index contributed by atoms with van der Waals surface area (Å²) in [5, 5.41) is 12.2. The second kappa shape index (κ2) is 11.2. The van der Waals surface area contributed by atoms with Gasteiger partial charge in [-0.2, -0.15) is 0 Å². The first-order valence-corrected chi connectivity index (χ1v) is 10.5. The molecule has 3 rings (SSSR count). The monoisotopic (exact) mass is 471 g/mol. The average molecular weight is 472 g/mol. The molecule has 0 spiro atoms. The fourth-order valence-electron chi connectivity index (χ4n) is 3.06. The number of alkyl halides is 3. The van der Waals surface area contributed by atoms with E-state index in [2.05, 4.69) is 27.1 Å². The van der Waals surface area contributed by atoms with Gasteiger partial charge in [0.25, 0.3) is 12.0 Å². The van der Waals surface area contributed by atoms with Gasteiger partial charge in [-0.1, -0.05) is 36.1 Å². The van der Waals surface area contributed by atoms with Crippen LogP contribution in [0.15, 0.2) is 59.7 Å². The van der Waals surface area contributed by atoms with Crippen LogP contribution >= 0.6 is 11.6 Å². The fourth-order valence-corrected chi connectivity index (χ4v) is 3.24. The summed E-state index contributed by atoms with van der Waals surface area (Å²) in [6, 6.07) is 14.5. The van der Waals surface area contributed by atoms with Gasteiger partial charge in [0.2, 0.25) is 11.7 Å². The molecule has 0 saturated carbocycles. The number of aromatic hydroxyl groups is 1. The third-order valence-electron chi connectivity index (χ3n) is 4.79. The molecular formula is C24H20ClF2N3O3. The lowest BCUT2D eigenvalue weighted by atomic mass is 9.94. The Morgan fingerprint density at radius 3 is 2.18 bits per heavy atom. The summed E-state index contributed by atoms with van der Waals surface area (Å²) in [6.45, 7) is -0.848. The highest BCUT2D eigenvalue weighted by Crippen LogP contribution is 2.24. The third-order valence-corrected chi connectivity index (χ3v) is 5.10. The van der Waals surface area contributed by atoms with E-state index >= 15 is 0 Å². The zero-order valence-corrected chi connectivity index (χ0v) is 18.1. The van der Waals surface area contributed by atoms with Crippen molar-refractivity contribution in [1.82, 2.24) is 15.3 Å². The van der Waals surface area contributed by atoms with Crippen molar-refractivity contribution in [2.45, 2.75) is 24.6 Å². The number of amides is 1. The first-order valence-electron chi connectivity index (χ1n) is 9.95. The number of carbonyl (C=O) groups excluding carboxylic acids is 1. The van der Waals surface area contributed by atoms with Crippen LogP contribution in [0.25, 0.3) is 0 Å². The van der Waals surface area contributed by atoms with Crippen LogP contribution in [0.4, 0.5) is 8.78 Å². The van der Waals surface area contributed by atoms with Crippen molar-refractivity contribution >= 4 is 17.5 Å². The number of aromatic amines is 1. The van der Waals surface area contributed by atoms with Crippen LogP contribution in [-0.2, 0) is 17.1 Å². The maximum Gasteiger partial charge on any atom is 0.293 e. The molecule has 0 aliphatic carbocycles. The second-order valence-electron chi connectivity index (χ2n) is 7.14. The maximum absolute atomic E-state index is 12.6. The van der Waals surface area contributed by atoms with Gasteiger partial charge in [-0.05, 0) is 41.8 Å². The molecule has 33 heavy (non-hydrogen) atoms. The van der Waals surface area contributed by atoms with E-state index in [9.17, 15) is 23.5 Å². The minimum absolute atomic E-state index is 0.0344. The second-order valence-corrected chi connectivity index (χ2v) is 7.40. The van der Waals surface area contributed by atoms with E-state index in [0.29, 0.717) is 11.4 Å². The van der Waals surface area contributed by atoms with Crippen molar-refractivity contribution in [3.63, 3.8) is 0 Å². The Balaban J connectivity index is 1.79. The lowest BCUT2D eigenvalue weighted by Crippen LogP contribution is -2.34. The van der Waals surface area contributed by atoms with Gasteiger partial charge in [0.05, 0.1) is 18.8 Å². The van der Waals surface area contributed by atoms with Crippen molar-refractivity contribution in [2.24, 2.45) is 0 Å². The highest BCUT2D eigenvalue weighted by Gasteiger charge is 2.27. The molecule has 9 heteroatoms. The van der Waals surface area contributed by atoms with E-state index in [-0.39, 0.29) is 12.1 Å². The molecule has 6 nitrogen and oxygen atoms in total. The van der Waals surface area contributed by atoms with Gasteiger partial charge in [0.1, 0.15) is 5.69 Å². The largest absolute Gasteiger partial charge is 0.502 e. The highest BCUT2D eigenvalue weighted by molar-refractivity contribution is 6.17. The Labute approximate surface area is 193 Å². The lowest BCUT2D eigenvalue weighted by molar-refractivity contribution is -0.123. The molecular weight excluding hydrogens is 452 g/mol. The van der Waals surface area contributed by atoms with Crippen LogP contribution in [-0.4, -0.2) is 34.0 Å². The summed E-state index contributed by atoms with van der Waals surface area (Å²) in [5.74, 6) is 3.89. The summed E-state index contributed by atoms with van der Waals surface area (Å²) in [6.07, 6.45) is -1.66. The van der Waals surface area contributed by atoms with E-state index in [0.717, 1.165) is 23.0 Å². The van der Waals surface area contributed by atoms with Crippen LogP contribution in [0.2, 0.25) is 0 Å². The van der Waals surface area contributed by atoms with Crippen molar-refractivity contribution in [3.8, 4) is 17.6 Å². The van der Waals surface area contributed by atoms with Gasteiger partial charge < -0.3 is 15.4 Å². The number of H-pyrrole nitrogens is 1. The van der Waals surface area contributed by atoms with E-state index in [1.165, 1.54) is 0 Å². The van der Waals surface area contributed by atoms with Gasteiger partial charge in [-0.25, -0.2) is 13.8 Å². The summed E-state index contributed by atoms with van der Waals surface area (Å²) in [4.78, 5) is 30.4. The number of hydrogen-bond donors (Lipinski definition) is 3. The summed E-state index contributed by atoms with van der Waals surface area (Å²) >= 11 is 5.78. The van der Waals surface area contributed by atoms with E-state index in [4.69, 9.17) is 11.6 Å². The molecule has 170 valence electrons. The highest BCUT2D eigenvalue weighted by atomic mass is 35.5. The number of halogens is 3. The van der Waals surface area contributed by atoms with Crippen molar-refractivity contribution < 1.29 is 18.7 Å². The summed E-state index contributed by atoms with van der Waals surface area (Å²) < 4.78 is 25.1. The number of carbonyl (C=O) groups is 1. The lowest BCUT2D eigenvalue weighted by Gasteiger charge is -2.17. The molecule has 1 unspecified atom stereocenters. The Bertz CT molecular complexity index is 1220. The Kier molecular flexibility index (Phi) is 8.17. The molecule has 1 heterocycles. The molecule has 3 aromatic rings. The molecule has 2 aromatic carbocycles. The van der Waals surface area contributed by atoms with Gasteiger partial charge in [0, 0.05) is 17.0 Å². The number of nitrogens with one attached hydrogen (secondary N) is 2. The topological polar surface area (TPSA) is 95.1 Å². The first-order chi connectivity index (χ1) is 15.9. The van der Waals surface area contributed by atoms with Crippen LogP contribution in [0.5, 0.6) is 5.75 Å². The Morgan fingerprint density at radius 2 is 1.64 bits per heavy atom. The number of rotatable bonds is 7. The normalized spacial score (nSPS) is 11.5. The van der Waals surface area contributed by atoms with Gasteiger partial charge in [-0.3, -0.25) is 9.59 Å². The van der Waals surface area contributed by atoms with Crippen LogP contribution in [0, 0.1) is 11.8 Å². The molecule has 0 radical (unpaired) electrons. The zero-order chi connectivity index (χ0) is 23.8. The van der Waals surface area contributed by atoms with E-state index in [1.54, 1.807) is 24.3 Å². The van der Waals surface area contributed by atoms with Gasteiger partial charge >= 0.3 is 0 Å². The molecule has 1 aromatic heterocycles. The van der Waals surface area contributed by atoms with Gasteiger partial charge in [-0.15, -0.1) is 11.6 Å². The molecule has 0 aliphatic rings. The number of nitrogens with zero attached hydrogens (tertiary/aromatic N) is 1. The zero-order valence-electron chi connectivity index (χ0n) is 17.3. The molecule has 0 saturated heterocycles. The molecule has 0 bridgehead atoms. The fraction of sp³-hybridized carbons (Fsp3) is 0.208. The number of benzene rings is 2. The van der Waals surface area contributed by atoms with Crippen LogP contribution in [0.3, 0.4) is 0 Å². The molecule has 1 atom stereocenters. The van der Waals surface area contributed by atoms with E-state index in [1.807, 2.05) is 24.3 Å².